The smallest absolute Gasteiger partial charge is 0.318 e. The van der Waals surface area contributed by atoms with Crippen molar-refractivity contribution in [3.05, 3.63) is 53.6 Å². The van der Waals surface area contributed by atoms with Crippen molar-refractivity contribution in [3.63, 3.8) is 0 Å². The van der Waals surface area contributed by atoms with E-state index in [1.54, 1.807) is 43.0 Å². The molecule has 0 radical (unpaired) electrons. The lowest BCUT2D eigenvalue weighted by molar-refractivity contribution is -0.118. The van der Waals surface area contributed by atoms with Gasteiger partial charge in [-0.1, -0.05) is 12.1 Å². The highest BCUT2D eigenvalue weighted by atomic mass is 32.3. The van der Waals surface area contributed by atoms with Gasteiger partial charge in [-0.3, -0.25) is 4.79 Å². The molecule has 10 heteroatoms. The minimum absolute atomic E-state index is 0.00634. The van der Waals surface area contributed by atoms with Crippen LogP contribution in [0.15, 0.2) is 41.3 Å². The van der Waals surface area contributed by atoms with Crippen molar-refractivity contribution in [2.45, 2.75) is 17.0 Å². The zero-order valence-corrected chi connectivity index (χ0v) is 19.1. The van der Waals surface area contributed by atoms with Crippen LogP contribution in [0.4, 0.5) is 19.3 Å². The van der Waals surface area contributed by atoms with Gasteiger partial charge in [0.25, 0.3) is 5.91 Å². The summed E-state index contributed by atoms with van der Waals surface area (Å²) in [4.78, 5) is 26.9. The van der Waals surface area contributed by atoms with Crippen LogP contribution in [0.5, 0.6) is 5.75 Å². The van der Waals surface area contributed by atoms with Crippen molar-refractivity contribution in [1.82, 2.24) is 10.2 Å². The number of hydrogen-bond acceptors (Lipinski definition) is 4. The first-order valence-electron chi connectivity index (χ1n) is 9.85. The number of benzene rings is 2. The third kappa shape index (κ3) is 5.31. The zero-order valence-electron chi connectivity index (χ0n) is 18.3. The van der Waals surface area contributed by atoms with Crippen LogP contribution >= 0.6 is 10.0 Å². The largest absolute Gasteiger partial charge is 0.497 e. The Hall–Kier alpha value is -2.85. The number of aliphatic hydroxyl groups is 1. The molecule has 3 N–H and O–H groups in total. The second-order valence-electron chi connectivity index (χ2n) is 8.31. The lowest BCUT2D eigenvalue weighted by Crippen LogP contribution is -2.57. The van der Waals surface area contributed by atoms with E-state index in [2.05, 4.69) is 10.6 Å². The number of amides is 3. The molecule has 3 rings (SSSR count). The van der Waals surface area contributed by atoms with Crippen molar-refractivity contribution in [2.75, 3.05) is 44.3 Å². The van der Waals surface area contributed by atoms with E-state index in [0.717, 1.165) is 12.1 Å². The van der Waals surface area contributed by atoms with Crippen LogP contribution in [-0.2, 0) is 4.79 Å². The minimum atomic E-state index is -1.66. The Morgan fingerprint density at radius 1 is 1.12 bits per heavy atom. The molecule has 0 saturated carbocycles. The van der Waals surface area contributed by atoms with E-state index in [1.807, 2.05) is 0 Å². The van der Waals surface area contributed by atoms with Crippen molar-refractivity contribution in [2.24, 2.45) is 0 Å². The molecule has 2 aromatic rings. The summed E-state index contributed by atoms with van der Waals surface area (Å²) in [7, 11) is -0.157. The highest BCUT2D eigenvalue weighted by Crippen LogP contribution is 2.48. The maximum Gasteiger partial charge on any atom is 0.318 e. The second-order valence-corrected chi connectivity index (χ2v) is 12.4. The number of urea groups is 1. The fraction of sp³-hybridized carbons (Fsp3) is 0.364. The van der Waals surface area contributed by atoms with Gasteiger partial charge in [0, 0.05) is 5.69 Å². The van der Waals surface area contributed by atoms with Gasteiger partial charge in [-0.05, 0) is 48.6 Å². The van der Waals surface area contributed by atoms with Crippen LogP contribution in [-0.4, -0.2) is 67.0 Å². The number of carbonyl (C=O) groups excluding carboxylic acids is 2. The lowest BCUT2D eigenvalue weighted by atomic mass is 10.1. The number of hydrogen-bond donors (Lipinski definition) is 3. The number of rotatable bonds is 6. The van der Waals surface area contributed by atoms with E-state index in [1.165, 1.54) is 12.0 Å². The highest BCUT2D eigenvalue weighted by Gasteiger charge is 2.32. The van der Waals surface area contributed by atoms with Gasteiger partial charge < -0.3 is 25.4 Å². The Morgan fingerprint density at radius 2 is 1.69 bits per heavy atom. The predicted octanol–water partition coefficient (Wildman–Crippen LogP) is 3.09. The van der Waals surface area contributed by atoms with Gasteiger partial charge in [0.15, 0.2) is 0 Å². The van der Waals surface area contributed by atoms with Gasteiger partial charge in [-0.25, -0.2) is 23.6 Å². The van der Waals surface area contributed by atoms with Gasteiger partial charge in [-0.15, -0.1) is 0 Å². The van der Waals surface area contributed by atoms with Gasteiger partial charge in [0.2, 0.25) is 0 Å². The third-order valence-electron chi connectivity index (χ3n) is 5.01. The molecule has 3 amide bonds. The van der Waals surface area contributed by atoms with Gasteiger partial charge in [0.05, 0.1) is 31.2 Å². The van der Waals surface area contributed by atoms with E-state index >= 15 is 0 Å². The number of halogens is 2. The van der Waals surface area contributed by atoms with Crippen molar-refractivity contribution >= 4 is 27.7 Å². The fourth-order valence-corrected chi connectivity index (χ4v) is 4.65. The highest BCUT2D eigenvalue weighted by molar-refractivity contribution is 8.32. The molecule has 1 heterocycles. The summed E-state index contributed by atoms with van der Waals surface area (Å²) < 4.78 is 34.3. The van der Waals surface area contributed by atoms with E-state index in [-0.39, 0.29) is 23.7 Å². The molecule has 174 valence electrons. The molecule has 2 aromatic carbocycles. The molecule has 0 spiro atoms. The first kappa shape index (κ1) is 23.8. The van der Waals surface area contributed by atoms with Crippen LogP contribution in [0.3, 0.4) is 0 Å². The van der Waals surface area contributed by atoms with Gasteiger partial charge in [-0.2, -0.15) is 0 Å². The SMILES string of the molecule is COc1ccc(C(NC(=O)N2CC(O)C2)C(=O)Nc2cc(F)c(S(C)(C)C)c(F)c2)cc1. The molecule has 1 atom stereocenters. The predicted molar refractivity (Wildman–Crippen MR) is 120 cm³/mol. The van der Waals surface area contributed by atoms with E-state index in [0.29, 0.717) is 11.3 Å². The number of methoxy groups -OCH3 is 1. The molecule has 7 nitrogen and oxygen atoms in total. The molecule has 1 aliphatic heterocycles. The first-order chi connectivity index (χ1) is 15.0. The molecule has 0 aliphatic carbocycles. The van der Waals surface area contributed by atoms with E-state index < -0.39 is 45.7 Å². The van der Waals surface area contributed by atoms with Gasteiger partial charge in [0.1, 0.15) is 23.4 Å². The summed E-state index contributed by atoms with van der Waals surface area (Å²) in [5, 5.41) is 14.5. The number of nitrogens with zero attached hydrogens (tertiary/aromatic N) is 1. The molecule has 1 aliphatic rings. The molecular weight excluding hydrogens is 440 g/mol. The van der Waals surface area contributed by atoms with Crippen molar-refractivity contribution in [3.8, 4) is 5.75 Å². The van der Waals surface area contributed by atoms with Crippen LogP contribution in [0, 0.1) is 11.6 Å². The number of ether oxygens (including phenoxy) is 1. The molecule has 1 fully saturated rings. The normalized spacial score (nSPS) is 15.5. The minimum Gasteiger partial charge on any atom is -0.497 e. The summed E-state index contributed by atoms with van der Waals surface area (Å²) in [5.41, 5.74) is 0.402. The number of likely N-dealkylation sites (tertiary alicyclic amines) is 1. The Kier molecular flexibility index (Phi) is 6.94. The lowest BCUT2D eigenvalue weighted by Gasteiger charge is -2.36. The molecular formula is C22H27F2N3O4S. The number of aliphatic hydroxyl groups excluding tert-OH is 1. The van der Waals surface area contributed by atoms with E-state index in [4.69, 9.17) is 4.74 Å². The van der Waals surface area contributed by atoms with E-state index in [9.17, 15) is 23.5 Å². The fourth-order valence-electron chi connectivity index (χ4n) is 3.36. The Bertz CT molecular complexity index is 982. The molecule has 1 saturated heterocycles. The summed E-state index contributed by atoms with van der Waals surface area (Å²) in [6.45, 7) is 0.325. The Labute approximate surface area is 187 Å². The maximum atomic E-state index is 14.6. The average Bonchev–Trinajstić information content (AvgIpc) is 2.67. The summed E-state index contributed by atoms with van der Waals surface area (Å²) >= 11 is 0. The second kappa shape index (κ2) is 9.33. The summed E-state index contributed by atoms with van der Waals surface area (Å²) in [6, 6.07) is 6.98. The molecule has 1 unspecified atom stereocenters. The standard InChI is InChI=1S/C22H27F2N3O4S/c1-31-16-7-5-13(6-8-16)19(26-22(30)27-11-15(28)12-27)21(29)25-14-9-17(23)20(18(24)10-14)32(2,3)4/h5-10,15,19,28H,11-12H2,1-4H3,(H,25,29)(H,26,30). The van der Waals surface area contributed by atoms with Crippen LogP contribution in [0.1, 0.15) is 11.6 Å². The number of carbonyl (C=O) groups is 2. The van der Waals surface area contributed by atoms with Crippen molar-refractivity contribution in [1.29, 1.82) is 0 Å². The van der Waals surface area contributed by atoms with Crippen LogP contribution in [0.2, 0.25) is 0 Å². The van der Waals surface area contributed by atoms with Crippen LogP contribution < -0.4 is 15.4 Å². The van der Waals surface area contributed by atoms with Gasteiger partial charge >= 0.3 is 6.03 Å². The van der Waals surface area contributed by atoms with Crippen LogP contribution in [0.25, 0.3) is 0 Å². The maximum absolute atomic E-state index is 14.6. The summed E-state index contributed by atoms with van der Waals surface area (Å²) in [5.74, 6) is -1.57. The molecule has 32 heavy (non-hydrogen) atoms. The monoisotopic (exact) mass is 467 g/mol. The quantitative estimate of drug-likeness (QED) is 0.609. The van der Waals surface area contributed by atoms with Crippen molar-refractivity contribution < 1.29 is 28.2 Å². The number of anilines is 1. The Morgan fingerprint density at radius 3 is 2.16 bits per heavy atom. The zero-order chi connectivity index (χ0) is 23.6. The average molecular weight is 468 g/mol. The third-order valence-corrected chi connectivity index (χ3v) is 6.62. The molecule has 0 bridgehead atoms. The number of β-amino-alcohol motifs (C(OH)–C–C–N with tert-alkyl or cyclic N) is 1. The summed E-state index contributed by atoms with van der Waals surface area (Å²) in [6.07, 6.45) is 4.72. The molecule has 0 aromatic heterocycles. The first-order valence-corrected chi connectivity index (χ1v) is 12.7. The topological polar surface area (TPSA) is 90.9 Å². The number of nitrogens with one attached hydrogen (secondary N) is 2. The Balaban J connectivity index is 1.85.